The Kier molecular flexibility index (Phi) is 5.06. The van der Waals surface area contributed by atoms with Gasteiger partial charge in [-0.3, -0.25) is 0 Å². The van der Waals surface area contributed by atoms with Gasteiger partial charge in [-0.25, -0.2) is 0 Å². The standard InChI is InChI=1S/C16H26N2/c1-3-18(13-15-8-6-9-15)12-11-17-16-10-5-4-7-14(16)2/h4-5,7,10,15,17H,3,6,8-9,11-13H2,1-2H3. The molecule has 100 valence electrons. The molecule has 0 aliphatic heterocycles. The summed E-state index contributed by atoms with van der Waals surface area (Å²) in [5, 5.41) is 3.55. The van der Waals surface area contributed by atoms with Crippen LogP contribution in [0.3, 0.4) is 0 Å². The highest BCUT2D eigenvalue weighted by Gasteiger charge is 2.19. The smallest absolute Gasteiger partial charge is 0.0370 e. The van der Waals surface area contributed by atoms with Gasteiger partial charge in [0.25, 0.3) is 0 Å². The van der Waals surface area contributed by atoms with E-state index in [1.165, 1.54) is 43.6 Å². The molecular weight excluding hydrogens is 220 g/mol. The van der Waals surface area contributed by atoms with Crippen LogP contribution in [0.1, 0.15) is 31.7 Å². The molecule has 1 aliphatic rings. The quantitative estimate of drug-likeness (QED) is 0.792. The Morgan fingerprint density at radius 2 is 2.06 bits per heavy atom. The molecule has 2 rings (SSSR count). The number of hydrogen-bond acceptors (Lipinski definition) is 2. The predicted octanol–water partition coefficient (Wildman–Crippen LogP) is 3.53. The molecule has 0 bridgehead atoms. The third-order valence-corrected chi connectivity index (χ3v) is 4.08. The van der Waals surface area contributed by atoms with E-state index in [1.54, 1.807) is 0 Å². The Hall–Kier alpha value is -1.02. The number of nitrogens with one attached hydrogen (secondary N) is 1. The van der Waals surface area contributed by atoms with Crippen molar-refractivity contribution in [3.63, 3.8) is 0 Å². The first-order chi connectivity index (χ1) is 8.79. The summed E-state index contributed by atoms with van der Waals surface area (Å²) in [7, 11) is 0. The van der Waals surface area contributed by atoms with E-state index in [1.807, 2.05) is 0 Å². The first kappa shape index (κ1) is 13.4. The number of aryl methyl sites for hydroxylation is 1. The second kappa shape index (κ2) is 6.79. The minimum Gasteiger partial charge on any atom is -0.384 e. The summed E-state index contributed by atoms with van der Waals surface area (Å²) in [4.78, 5) is 2.58. The molecule has 1 saturated carbocycles. The number of nitrogens with zero attached hydrogens (tertiary/aromatic N) is 1. The Labute approximate surface area is 111 Å². The van der Waals surface area contributed by atoms with Crippen molar-refractivity contribution < 1.29 is 0 Å². The fourth-order valence-electron chi connectivity index (χ4n) is 2.54. The van der Waals surface area contributed by atoms with Crippen molar-refractivity contribution in [1.82, 2.24) is 4.90 Å². The summed E-state index contributed by atoms with van der Waals surface area (Å²) in [6.45, 7) is 9.10. The monoisotopic (exact) mass is 246 g/mol. The lowest BCUT2D eigenvalue weighted by atomic mass is 9.85. The fraction of sp³-hybridized carbons (Fsp3) is 0.625. The average molecular weight is 246 g/mol. The van der Waals surface area contributed by atoms with Crippen molar-refractivity contribution in [3.05, 3.63) is 29.8 Å². The number of hydrogen-bond donors (Lipinski definition) is 1. The molecule has 1 aliphatic carbocycles. The highest BCUT2D eigenvalue weighted by Crippen LogP contribution is 2.26. The van der Waals surface area contributed by atoms with E-state index >= 15 is 0 Å². The normalized spacial score (nSPS) is 15.7. The number of likely N-dealkylation sites (N-methyl/N-ethyl adjacent to an activating group) is 1. The third kappa shape index (κ3) is 3.74. The van der Waals surface area contributed by atoms with Gasteiger partial charge in [0, 0.05) is 25.3 Å². The number of para-hydroxylation sites is 1. The van der Waals surface area contributed by atoms with Crippen LogP contribution >= 0.6 is 0 Å². The van der Waals surface area contributed by atoms with Crippen molar-refractivity contribution in [3.8, 4) is 0 Å². The summed E-state index contributed by atoms with van der Waals surface area (Å²) in [6.07, 6.45) is 4.34. The van der Waals surface area contributed by atoms with Gasteiger partial charge in [0.15, 0.2) is 0 Å². The minimum atomic E-state index is 0.975. The van der Waals surface area contributed by atoms with Crippen molar-refractivity contribution in [2.24, 2.45) is 5.92 Å². The van der Waals surface area contributed by atoms with Crippen LogP contribution in [0.15, 0.2) is 24.3 Å². The highest BCUT2D eigenvalue weighted by molar-refractivity contribution is 5.50. The van der Waals surface area contributed by atoms with E-state index in [4.69, 9.17) is 0 Å². The van der Waals surface area contributed by atoms with Gasteiger partial charge in [-0.2, -0.15) is 0 Å². The second-order valence-corrected chi connectivity index (χ2v) is 5.43. The largest absolute Gasteiger partial charge is 0.384 e. The zero-order valence-electron chi connectivity index (χ0n) is 11.8. The summed E-state index contributed by atoms with van der Waals surface area (Å²) >= 11 is 0. The molecule has 0 amide bonds. The Morgan fingerprint density at radius 3 is 2.67 bits per heavy atom. The Bertz CT molecular complexity index is 358. The zero-order chi connectivity index (χ0) is 12.8. The van der Waals surface area contributed by atoms with Crippen LogP contribution in [0.2, 0.25) is 0 Å². The van der Waals surface area contributed by atoms with Gasteiger partial charge in [-0.1, -0.05) is 31.5 Å². The molecule has 1 aromatic rings. The van der Waals surface area contributed by atoms with Crippen LogP contribution in [-0.4, -0.2) is 31.1 Å². The SMILES string of the molecule is CCN(CCNc1ccccc1C)CC1CCC1. The molecule has 1 N–H and O–H groups in total. The van der Waals surface area contributed by atoms with Gasteiger partial charge < -0.3 is 10.2 Å². The highest BCUT2D eigenvalue weighted by atomic mass is 15.1. The Balaban J connectivity index is 1.71. The van der Waals surface area contributed by atoms with E-state index in [0.717, 1.165) is 19.0 Å². The summed E-state index contributed by atoms with van der Waals surface area (Å²) in [5.41, 5.74) is 2.61. The van der Waals surface area contributed by atoms with Gasteiger partial charge in [-0.05, 0) is 43.9 Å². The molecule has 1 fully saturated rings. The first-order valence-corrected chi connectivity index (χ1v) is 7.31. The molecule has 0 saturated heterocycles. The molecule has 0 spiro atoms. The van der Waals surface area contributed by atoms with Crippen molar-refractivity contribution in [2.45, 2.75) is 33.1 Å². The molecule has 2 nitrogen and oxygen atoms in total. The van der Waals surface area contributed by atoms with Crippen LogP contribution in [0.4, 0.5) is 5.69 Å². The number of anilines is 1. The van der Waals surface area contributed by atoms with Gasteiger partial charge in [0.1, 0.15) is 0 Å². The summed E-state index contributed by atoms with van der Waals surface area (Å²) in [5.74, 6) is 0.975. The van der Waals surface area contributed by atoms with Gasteiger partial charge in [0.05, 0.1) is 0 Å². The second-order valence-electron chi connectivity index (χ2n) is 5.43. The average Bonchev–Trinajstić information content (AvgIpc) is 2.33. The van der Waals surface area contributed by atoms with E-state index in [0.29, 0.717) is 0 Å². The summed E-state index contributed by atoms with van der Waals surface area (Å²) < 4.78 is 0. The molecule has 1 aromatic carbocycles. The maximum atomic E-state index is 3.55. The van der Waals surface area contributed by atoms with Gasteiger partial charge in [-0.15, -0.1) is 0 Å². The topological polar surface area (TPSA) is 15.3 Å². The van der Waals surface area contributed by atoms with E-state index in [9.17, 15) is 0 Å². The first-order valence-electron chi connectivity index (χ1n) is 7.31. The predicted molar refractivity (Wildman–Crippen MR) is 79.1 cm³/mol. The molecule has 2 heteroatoms. The molecule has 0 atom stereocenters. The molecule has 0 radical (unpaired) electrons. The molecule has 0 heterocycles. The molecular formula is C16H26N2. The van der Waals surface area contributed by atoms with Crippen molar-refractivity contribution in [1.29, 1.82) is 0 Å². The van der Waals surface area contributed by atoms with Gasteiger partial charge in [0.2, 0.25) is 0 Å². The van der Waals surface area contributed by atoms with Crippen LogP contribution in [-0.2, 0) is 0 Å². The van der Waals surface area contributed by atoms with E-state index in [2.05, 4.69) is 48.3 Å². The maximum Gasteiger partial charge on any atom is 0.0370 e. The van der Waals surface area contributed by atoms with Gasteiger partial charge >= 0.3 is 0 Å². The molecule has 0 aromatic heterocycles. The fourth-order valence-corrected chi connectivity index (χ4v) is 2.54. The third-order valence-electron chi connectivity index (χ3n) is 4.08. The lowest BCUT2D eigenvalue weighted by Crippen LogP contribution is -2.35. The minimum absolute atomic E-state index is 0.975. The maximum absolute atomic E-state index is 3.55. The zero-order valence-corrected chi connectivity index (χ0v) is 11.8. The van der Waals surface area contributed by atoms with Crippen LogP contribution in [0.25, 0.3) is 0 Å². The van der Waals surface area contributed by atoms with E-state index < -0.39 is 0 Å². The lowest BCUT2D eigenvalue weighted by molar-refractivity contribution is 0.189. The van der Waals surface area contributed by atoms with Crippen LogP contribution < -0.4 is 5.32 Å². The Morgan fingerprint density at radius 1 is 1.28 bits per heavy atom. The van der Waals surface area contributed by atoms with Crippen LogP contribution in [0, 0.1) is 12.8 Å². The van der Waals surface area contributed by atoms with Crippen LogP contribution in [0.5, 0.6) is 0 Å². The number of rotatable bonds is 7. The van der Waals surface area contributed by atoms with Crippen molar-refractivity contribution in [2.75, 3.05) is 31.5 Å². The number of benzene rings is 1. The molecule has 18 heavy (non-hydrogen) atoms. The van der Waals surface area contributed by atoms with Crippen molar-refractivity contribution >= 4 is 5.69 Å². The summed E-state index contributed by atoms with van der Waals surface area (Å²) in [6, 6.07) is 8.52. The van der Waals surface area contributed by atoms with E-state index in [-0.39, 0.29) is 0 Å². The molecule has 0 unspecified atom stereocenters. The lowest BCUT2D eigenvalue weighted by Gasteiger charge is -2.31.